The smallest absolute Gasteiger partial charge is 0.321 e. The third-order valence-corrected chi connectivity index (χ3v) is 4.45. The van der Waals surface area contributed by atoms with E-state index >= 15 is 0 Å². The van der Waals surface area contributed by atoms with Crippen LogP contribution in [-0.4, -0.2) is 28.6 Å². The summed E-state index contributed by atoms with van der Waals surface area (Å²) in [5.41, 5.74) is 1.28. The van der Waals surface area contributed by atoms with Gasteiger partial charge in [0.05, 0.1) is 6.07 Å². The first-order valence-electron chi connectivity index (χ1n) is 7.56. The summed E-state index contributed by atoms with van der Waals surface area (Å²) in [7, 11) is 0. The molecule has 1 aromatic carbocycles. The zero-order chi connectivity index (χ0) is 15.2. The molecule has 1 aromatic rings. The summed E-state index contributed by atoms with van der Waals surface area (Å²) in [5, 5.41) is 18.2. The van der Waals surface area contributed by atoms with E-state index < -0.39 is 11.9 Å². The number of halogens is 1. The first kappa shape index (κ1) is 18.5. The van der Waals surface area contributed by atoms with Crippen LogP contribution in [0.5, 0.6) is 0 Å². The van der Waals surface area contributed by atoms with E-state index in [0.29, 0.717) is 6.04 Å². The van der Waals surface area contributed by atoms with Gasteiger partial charge in [0.25, 0.3) is 0 Å². The summed E-state index contributed by atoms with van der Waals surface area (Å²) in [6.45, 7) is 3.90. The van der Waals surface area contributed by atoms with Gasteiger partial charge in [-0.3, -0.25) is 9.69 Å². The number of likely N-dealkylation sites (tertiary alicyclic amines) is 1. The lowest BCUT2D eigenvalue weighted by atomic mass is 9.81. The molecule has 0 aromatic heterocycles. The van der Waals surface area contributed by atoms with Gasteiger partial charge in [0.1, 0.15) is 5.92 Å². The maximum Gasteiger partial charge on any atom is 0.321 e. The molecule has 0 radical (unpaired) electrons. The van der Waals surface area contributed by atoms with Crippen LogP contribution in [0.15, 0.2) is 30.3 Å². The Labute approximate surface area is 138 Å². The second-order valence-corrected chi connectivity index (χ2v) is 5.75. The Hall–Kier alpha value is -1.57. The van der Waals surface area contributed by atoms with Gasteiger partial charge in [-0.05, 0) is 37.3 Å². The predicted molar refractivity (Wildman–Crippen MR) is 87.6 cm³/mol. The third kappa shape index (κ3) is 4.46. The van der Waals surface area contributed by atoms with Crippen molar-refractivity contribution in [1.82, 2.24) is 4.90 Å². The Morgan fingerprint density at radius 3 is 2.68 bits per heavy atom. The van der Waals surface area contributed by atoms with Crippen LogP contribution in [-0.2, 0) is 11.3 Å². The molecule has 1 N–H and O–H groups in total. The summed E-state index contributed by atoms with van der Waals surface area (Å²) in [4.78, 5) is 13.6. The molecule has 4 nitrogen and oxygen atoms in total. The molecule has 120 valence electrons. The van der Waals surface area contributed by atoms with Crippen molar-refractivity contribution >= 4 is 18.4 Å². The van der Waals surface area contributed by atoms with Gasteiger partial charge in [-0.15, -0.1) is 12.4 Å². The fraction of sp³-hybridized carbons (Fsp3) is 0.529. The minimum atomic E-state index is -0.978. The lowest BCUT2D eigenvalue weighted by molar-refractivity contribution is -0.142. The number of carbonyl (C=O) groups is 1. The lowest BCUT2D eigenvalue weighted by Crippen LogP contribution is -2.44. The lowest BCUT2D eigenvalue weighted by Gasteiger charge is -2.39. The van der Waals surface area contributed by atoms with E-state index in [2.05, 4.69) is 24.0 Å². The van der Waals surface area contributed by atoms with E-state index in [0.717, 1.165) is 32.4 Å². The number of aliphatic carboxylic acids is 1. The molecule has 5 heteroatoms. The van der Waals surface area contributed by atoms with Gasteiger partial charge in [0.2, 0.25) is 0 Å². The monoisotopic (exact) mass is 322 g/mol. The topological polar surface area (TPSA) is 64.3 Å². The van der Waals surface area contributed by atoms with Crippen LogP contribution in [0.2, 0.25) is 0 Å². The fourth-order valence-corrected chi connectivity index (χ4v) is 3.25. The van der Waals surface area contributed by atoms with Gasteiger partial charge < -0.3 is 5.11 Å². The number of carboxylic acids is 1. The van der Waals surface area contributed by atoms with E-state index in [1.54, 1.807) is 0 Å². The van der Waals surface area contributed by atoms with Crippen LogP contribution >= 0.6 is 12.4 Å². The molecule has 0 aliphatic carbocycles. The second kappa shape index (κ2) is 8.77. The Balaban J connectivity index is 0.00000242. The highest BCUT2D eigenvalue weighted by molar-refractivity contribution is 5.85. The first-order valence-corrected chi connectivity index (χ1v) is 7.56. The Kier molecular flexibility index (Phi) is 7.37. The molecule has 1 fully saturated rings. The molecule has 22 heavy (non-hydrogen) atoms. The standard InChI is InChI=1S/C17H22N2O2.ClH/c1-2-15-10-14(16(11-18)17(20)21)8-9-19(15)12-13-6-4-3-5-7-13;/h3-7,14-16H,2,8-10,12H2,1H3,(H,20,21);1H. The Bertz CT molecular complexity index is 515. The average molecular weight is 323 g/mol. The number of nitrogens with zero attached hydrogens (tertiary/aromatic N) is 2. The maximum absolute atomic E-state index is 11.2. The highest BCUT2D eigenvalue weighted by atomic mass is 35.5. The van der Waals surface area contributed by atoms with Crippen molar-refractivity contribution in [1.29, 1.82) is 5.26 Å². The van der Waals surface area contributed by atoms with Crippen molar-refractivity contribution in [3.05, 3.63) is 35.9 Å². The first-order chi connectivity index (χ1) is 10.2. The molecular formula is C17H23ClN2O2. The number of benzene rings is 1. The highest BCUT2D eigenvalue weighted by Crippen LogP contribution is 2.31. The van der Waals surface area contributed by atoms with Crippen LogP contribution in [0.25, 0.3) is 0 Å². The maximum atomic E-state index is 11.2. The molecule has 1 aliphatic heterocycles. The van der Waals surface area contributed by atoms with Crippen LogP contribution in [0.3, 0.4) is 0 Å². The van der Waals surface area contributed by atoms with Gasteiger partial charge in [-0.2, -0.15) is 5.26 Å². The molecule has 0 amide bonds. The quantitative estimate of drug-likeness (QED) is 0.903. The molecule has 1 saturated heterocycles. The number of carboxylic acid groups (broad SMARTS) is 1. The van der Waals surface area contributed by atoms with Gasteiger partial charge in [-0.25, -0.2) is 0 Å². The van der Waals surface area contributed by atoms with Crippen molar-refractivity contribution < 1.29 is 9.90 Å². The van der Waals surface area contributed by atoms with Crippen LogP contribution in [0.1, 0.15) is 31.7 Å². The fourth-order valence-electron chi connectivity index (χ4n) is 3.25. The number of hydrogen-bond donors (Lipinski definition) is 1. The van der Waals surface area contributed by atoms with Crippen molar-refractivity contribution in [2.24, 2.45) is 11.8 Å². The van der Waals surface area contributed by atoms with Gasteiger partial charge in [-0.1, -0.05) is 37.3 Å². The van der Waals surface area contributed by atoms with Gasteiger partial charge >= 0.3 is 5.97 Å². The Morgan fingerprint density at radius 2 is 2.14 bits per heavy atom. The van der Waals surface area contributed by atoms with Gasteiger partial charge in [0.15, 0.2) is 0 Å². The third-order valence-electron chi connectivity index (χ3n) is 4.45. The number of rotatable bonds is 5. The van der Waals surface area contributed by atoms with Crippen molar-refractivity contribution in [2.45, 2.75) is 38.8 Å². The van der Waals surface area contributed by atoms with Crippen LogP contribution in [0.4, 0.5) is 0 Å². The minimum absolute atomic E-state index is 0. The summed E-state index contributed by atoms with van der Waals surface area (Å²) in [6, 6.07) is 12.7. The summed E-state index contributed by atoms with van der Waals surface area (Å²) >= 11 is 0. The summed E-state index contributed by atoms with van der Waals surface area (Å²) < 4.78 is 0. The summed E-state index contributed by atoms with van der Waals surface area (Å²) in [6.07, 6.45) is 2.57. The molecular weight excluding hydrogens is 300 g/mol. The zero-order valence-electron chi connectivity index (χ0n) is 12.8. The molecule has 1 heterocycles. The molecule has 0 spiro atoms. The largest absolute Gasteiger partial charge is 0.480 e. The zero-order valence-corrected chi connectivity index (χ0v) is 13.6. The minimum Gasteiger partial charge on any atom is -0.480 e. The van der Waals surface area contributed by atoms with E-state index in [9.17, 15) is 4.79 Å². The average Bonchev–Trinajstić information content (AvgIpc) is 2.50. The van der Waals surface area contributed by atoms with Crippen molar-refractivity contribution in [3.8, 4) is 6.07 Å². The van der Waals surface area contributed by atoms with Crippen LogP contribution in [0, 0.1) is 23.2 Å². The SMILES string of the molecule is CCC1CC(C(C#N)C(=O)O)CCN1Cc1ccccc1.Cl. The van der Waals surface area contributed by atoms with E-state index in [1.807, 2.05) is 24.3 Å². The molecule has 0 bridgehead atoms. The molecule has 0 saturated carbocycles. The van der Waals surface area contributed by atoms with E-state index in [-0.39, 0.29) is 18.3 Å². The summed E-state index contributed by atoms with van der Waals surface area (Å²) in [5.74, 6) is -1.86. The number of hydrogen-bond acceptors (Lipinski definition) is 3. The molecule has 1 aliphatic rings. The van der Waals surface area contributed by atoms with E-state index in [1.165, 1.54) is 5.56 Å². The second-order valence-electron chi connectivity index (χ2n) is 5.75. The van der Waals surface area contributed by atoms with Crippen LogP contribution < -0.4 is 0 Å². The highest BCUT2D eigenvalue weighted by Gasteiger charge is 2.35. The van der Waals surface area contributed by atoms with Crippen molar-refractivity contribution in [2.75, 3.05) is 6.54 Å². The molecule has 3 atom stereocenters. The predicted octanol–water partition coefficient (Wildman–Crippen LogP) is 3.32. The molecule has 2 rings (SSSR count). The van der Waals surface area contributed by atoms with Crippen molar-refractivity contribution in [3.63, 3.8) is 0 Å². The van der Waals surface area contributed by atoms with E-state index in [4.69, 9.17) is 10.4 Å². The number of piperidine rings is 1. The number of nitriles is 1. The van der Waals surface area contributed by atoms with Gasteiger partial charge in [0, 0.05) is 12.6 Å². The Morgan fingerprint density at radius 1 is 1.45 bits per heavy atom. The molecule has 3 unspecified atom stereocenters. The normalized spacial score (nSPS) is 23.1.